The van der Waals surface area contributed by atoms with Crippen LogP contribution in [0.15, 0.2) is 69.2 Å². The second kappa shape index (κ2) is 9.50. The molecule has 1 aromatic heterocycles. The van der Waals surface area contributed by atoms with Crippen molar-refractivity contribution in [2.24, 2.45) is 10.9 Å². The smallest absolute Gasteiger partial charge is 0.302 e. The molecule has 0 saturated carbocycles. The first-order valence-electron chi connectivity index (χ1n) is 11.8. The van der Waals surface area contributed by atoms with Crippen LogP contribution in [0, 0.1) is 5.92 Å². The molecule has 1 saturated heterocycles. The fourth-order valence-corrected chi connectivity index (χ4v) is 4.92. The lowest BCUT2D eigenvalue weighted by atomic mass is 9.91. The monoisotopic (exact) mass is 477 g/mol. The number of hydrogen-bond acceptors (Lipinski definition) is 6. The third kappa shape index (κ3) is 4.40. The molecule has 0 bridgehead atoms. The molecule has 2 aromatic carbocycles. The lowest BCUT2D eigenvalue weighted by molar-refractivity contribution is -0.128. The molecule has 2 aliphatic heterocycles. The maximum absolute atomic E-state index is 13.7. The van der Waals surface area contributed by atoms with Crippen molar-refractivity contribution in [3.05, 3.63) is 70.4 Å². The van der Waals surface area contributed by atoms with Crippen molar-refractivity contribution < 1.29 is 9.21 Å². The number of guanidine groups is 1. The summed E-state index contributed by atoms with van der Waals surface area (Å²) in [5, 5.41) is 6.95. The zero-order valence-electron chi connectivity index (χ0n) is 19.3. The van der Waals surface area contributed by atoms with E-state index in [1.54, 1.807) is 0 Å². The van der Waals surface area contributed by atoms with Crippen molar-refractivity contribution >= 4 is 40.6 Å². The number of piperidine rings is 1. The van der Waals surface area contributed by atoms with E-state index in [0.717, 1.165) is 49.1 Å². The molecule has 1 unspecified atom stereocenters. The number of fused-ring (bicyclic) bond motifs is 1. The molecule has 176 valence electrons. The number of aliphatic imine (C=N–C) groups is 1. The van der Waals surface area contributed by atoms with Crippen molar-refractivity contribution in [2.45, 2.75) is 39.2 Å². The number of carbonyl (C=O) groups is 1. The number of halogens is 1. The SMILES string of the molecule is CCC1CCN(C(=O)C2=C(C)NC(Nc3nc4ccccc4o3)=NC2c2ccccc2Cl)CC1. The Bertz CT molecular complexity index is 1240. The Kier molecular flexibility index (Phi) is 6.28. The van der Waals surface area contributed by atoms with Crippen LogP contribution in [0.1, 0.15) is 44.7 Å². The topological polar surface area (TPSA) is 82.8 Å². The van der Waals surface area contributed by atoms with E-state index in [9.17, 15) is 4.79 Å². The molecular weight excluding hydrogens is 450 g/mol. The summed E-state index contributed by atoms with van der Waals surface area (Å²) in [5.74, 6) is 1.15. The molecule has 1 amide bonds. The molecule has 2 aliphatic rings. The van der Waals surface area contributed by atoms with E-state index in [4.69, 9.17) is 21.0 Å². The van der Waals surface area contributed by atoms with Gasteiger partial charge in [-0.05, 0) is 43.9 Å². The van der Waals surface area contributed by atoms with Crippen LogP contribution < -0.4 is 10.6 Å². The quantitative estimate of drug-likeness (QED) is 0.517. The minimum absolute atomic E-state index is 0.00846. The van der Waals surface area contributed by atoms with Gasteiger partial charge in [0, 0.05) is 29.4 Å². The largest absolute Gasteiger partial charge is 0.423 e. The van der Waals surface area contributed by atoms with E-state index in [2.05, 4.69) is 22.5 Å². The highest BCUT2D eigenvalue weighted by Crippen LogP contribution is 2.36. The van der Waals surface area contributed by atoms with Gasteiger partial charge in [-0.25, -0.2) is 4.99 Å². The summed E-state index contributed by atoms with van der Waals surface area (Å²) < 4.78 is 5.80. The van der Waals surface area contributed by atoms with Crippen LogP contribution >= 0.6 is 11.6 Å². The van der Waals surface area contributed by atoms with Crippen molar-refractivity contribution in [1.29, 1.82) is 0 Å². The summed E-state index contributed by atoms with van der Waals surface area (Å²) in [6.07, 6.45) is 3.22. The van der Waals surface area contributed by atoms with Crippen molar-refractivity contribution in [2.75, 3.05) is 18.4 Å². The standard InChI is InChI=1S/C26H28ClN5O2/c1-3-17-12-14-32(15-13-17)24(33)22-16(2)28-25(30-23(22)18-8-4-5-9-19(18)27)31-26-29-20-10-6-7-11-21(20)34-26/h4-11,17,23H,3,12-15H2,1-2H3,(H2,28,29,30,31). The lowest BCUT2D eigenvalue weighted by Crippen LogP contribution is -2.43. The molecule has 8 heteroatoms. The average Bonchev–Trinajstić information content (AvgIpc) is 3.26. The van der Waals surface area contributed by atoms with Crippen LogP contribution in [0.4, 0.5) is 6.01 Å². The van der Waals surface area contributed by atoms with E-state index in [1.807, 2.05) is 60.4 Å². The summed E-state index contributed by atoms with van der Waals surface area (Å²) in [6, 6.07) is 14.9. The number of likely N-dealkylation sites (tertiary alicyclic amines) is 1. The Labute approximate surface area is 203 Å². The molecule has 1 atom stereocenters. The fraction of sp³-hybridized carbons (Fsp3) is 0.346. The van der Waals surface area contributed by atoms with Gasteiger partial charge in [-0.3, -0.25) is 10.1 Å². The summed E-state index contributed by atoms with van der Waals surface area (Å²) >= 11 is 6.57. The zero-order chi connectivity index (χ0) is 23.7. The second-order valence-electron chi connectivity index (χ2n) is 8.82. The Hall–Kier alpha value is -3.32. The van der Waals surface area contributed by atoms with E-state index < -0.39 is 6.04 Å². The van der Waals surface area contributed by atoms with Gasteiger partial charge in [-0.15, -0.1) is 0 Å². The molecule has 0 spiro atoms. The number of oxazole rings is 1. The second-order valence-corrected chi connectivity index (χ2v) is 9.23. The van der Waals surface area contributed by atoms with Gasteiger partial charge in [-0.1, -0.05) is 55.3 Å². The highest BCUT2D eigenvalue weighted by atomic mass is 35.5. The van der Waals surface area contributed by atoms with Crippen LogP contribution in [0.2, 0.25) is 5.02 Å². The molecule has 1 fully saturated rings. The molecule has 3 heterocycles. The molecule has 0 aliphatic carbocycles. The Morgan fingerprint density at radius 3 is 2.65 bits per heavy atom. The number of amides is 1. The number of para-hydroxylation sites is 2. The molecule has 3 aromatic rings. The Morgan fingerprint density at radius 1 is 1.18 bits per heavy atom. The first-order valence-corrected chi connectivity index (χ1v) is 12.1. The number of rotatable bonds is 4. The van der Waals surface area contributed by atoms with E-state index in [0.29, 0.717) is 34.1 Å². The van der Waals surface area contributed by atoms with Gasteiger partial charge in [-0.2, -0.15) is 4.98 Å². The van der Waals surface area contributed by atoms with E-state index in [-0.39, 0.29) is 5.91 Å². The normalized spacial score (nSPS) is 19.2. The summed E-state index contributed by atoms with van der Waals surface area (Å²) in [7, 11) is 0. The zero-order valence-corrected chi connectivity index (χ0v) is 20.1. The van der Waals surface area contributed by atoms with Crippen LogP contribution in [0.25, 0.3) is 11.1 Å². The van der Waals surface area contributed by atoms with Gasteiger partial charge in [0.15, 0.2) is 5.58 Å². The Morgan fingerprint density at radius 2 is 1.91 bits per heavy atom. The number of allylic oxidation sites excluding steroid dienone is 1. The van der Waals surface area contributed by atoms with Gasteiger partial charge in [0.05, 0.1) is 5.57 Å². The van der Waals surface area contributed by atoms with Gasteiger partial charge >= 0.3 is 6.01 Å². The summed E-state index contributed by atoms with van der Waals surface area (Å²) in [4.78, 5) is 25.0. The predicted octanol–water partition coefficient (Wildman–Crippen LogP) is 5.52. The molecule has 2 N–H and O–H groups in total. The maximum Gasteiger partial charge on any atom is 0.302 e. The Balaban J connectivity index is 1.46. The van der Waals surface area contributed by atoms with Gasteiger partial charge < -0.3 is 14.6 Å². The average molecular weight is 478 g/mol. The van der Waals surface area contributed by atoms with Crippen LogP contribution in [0.3, 0.4) is 0 Å². The minimum atomic E-state index is -0.543. The van der Waals surface area contributed by atoms with Crippen molar-refractivity contribution in [1.82, 2.24) is 15.2 Å². The number of carbonyl (C=O) groups excluding carboxylic acids is 1. The van der Waals surface area contributed by atoms with Gasteiger partial charge in [0.1, 0.15) is 11.6 Å². The maximum atomic E-state index is 13.7. The molecule has 7 nitrogen and oxygen atoms in total. The third-order valence-electron chi connectivity index (χ3n) is 6.67. The number of anilines is 1. The van der Waals surface area contributed by atoms with Crippen LogP contribution in [-0.2, 0) is 4.79 Å². The molecular formula is C26H28ClN5O2. The van der Waals surface area contributed by atoms with E-state index in [1.165, 1.54) is 0 Å². The van der Waals surface area contributed by atoms with Crippen molar-refractivity contribution in [3.63, 3.8) is 0 Å². The lowest BCUT2D eigenvalue weighted by Gasteiger charge is -2.35. The third-order valence-corrected chi connectivity index (χ3v) is 7.01. The number of aromatic nitrogens is 1. The van der Waals surface area contributed by atoms with Gasteiger partial charge in [0.25, 0.3) is 5.91 Å². The van der Waals surface area contributed by atoms with Gasteiger partial charge in [0.2, 0.25) is 5.96 Å². The van der Waals surface area contributed by atoms with Crippen LogP contribution in [0.5, 0.6) is 0 Å². The first-order chi connectivity index (χ1) is 16.5. The molecule has 34 heavy (non-hydrogen) atoms. The first kappa shape index (κ1) is 22.5. The number of nitrogens with zero attached hydrogens (tertiary/aromatic N) is 3. The van der Waals surface area contributed by atoms with Crippen molar-refractivity contribution in [3.8, 4) is 0 Å². The molecule has 5 rings (SSSR count). The fourth-order valence-electron chi connectivity index (χ4n) is 4.68. The number of nitrogens with one attached hydrogen (secondary N) is 2. The van der Waals surface area contributed by atoms with E-state index >= 15 is 0 Å². The highest BCUT2D eigenvalue weighted by Gasteiger charge is 2.34. The molecule has 0 radical (unpaired) electrons. The highest BCUT2D eigenvalue weighted by molar-refractivity contribution is 6.31. The summed E-state index contributed by atoms with van der Waals surface area (Å²) in [6.45, 7) is 5.65. The number of hydrogen-bond donors (Lipinski definition) is 2. The number of benzene rings is 2. The predicted molar refractivity (Wildman–Crippen MR) is 135 cm³/mol. The van der Waals surface area contributed by atoms with Crippen LogP contribution in [-0.4, -0.2) is 34.8 Å². The minimum Gasteiger partial charge on any atom is -0.423 e. The summed E-state index contributed by atoms with van der Waals surface area (Å²) in [5.41, 5.74) is 3.58.